The van der Waals surface area contributed by atoms with Crippen molar-refractivity contribution in [2.45, 2.75) is 24.8 Å². The maximum Gasteiger partial charge on any atom is 0.259 e. The van der Waals surface area contributed by atoms with Gasteiger partial charge in [-0.25, -0.2) is 0 Å². The number of rotatable bonds is 4. The van der Waals surface area contributed by atoms with Gasteiger partial charge in [0, 0.05) is 28.3 Å². The molecule has 6 rings (SSSR count). The standard InChI is InChI=1S/C33H27ClN2O3/c1-39-26-17-13-22(14-18-26)32-31-28(19-24(20-30(31)37)21-11-15-25(34)16-12-21)35-27-9-5-6-10-29(27)36(32)33(38)23-7-3-2-4-8-23/h2-18,24,32,35H,19-20H2,1H3/t24-,32+/m0/s1. The first-order valence-electron chi connectivity index (χ1n) is 12.9. The Morgan fingerprint density at radius 3 is 2.23 bits per heavy atom. The van der Waals surface area contributed by atoms with E-state index in [1.165, 1.54) is 0 Å². The number of nitrogens with one attached hydrogen (secondary N) is 1. The molecule has 2 aliphatic rings. The Bertz CT molecular complexity index is 1560. The van der Waals surface area contributed by atoms with Crippen molar-refractivity contribution >= 4 is 34.7 Å². The molecule has 0 unspecified atom stereocenters. The summed E-state index contributed by atoms with van der Waals surface area (Å²) in [5.41, 5.74) is 5.42. The van der Waals surface area contributed by atoms with Crippen molar-refractivity contribution in [1.29, 1.82) is 0 Å². The fraction of sp³-hybridized carbons (Fsp3) is 0.152. The molecule has 0 fully saturated rings. The highest BCUT2D eigenvalue weighted by atomic mass is 35.5. The minimum Gasteiger partial charge on any atom is -0.497 e. The van der Waals surface area contributed by atoms with Gasteiger partial charge >= 0.3 is 0 Å². The zero-order valence-corrected chi connectivity index (χ0v) is 22.2. The van der Waals surface area contributed by atoms with Gasteiger partial charge in [-0.1, -0.05) is 66.2 Å². The van der Waals surface area contributed by atoms with Gasteiger partial charge in [-0.2, -0.15) is 0 Å². The molecule has 1 heterocycles. The number of halogens is 1. The molecule has 194 valence electrons. The normalized spacial score (nSPS) is 18.5. The van der Waals surface area contributed by atoms with E-state index in [2.05, 4.69) is 5.32 Å². The number of para-hydroxylation sites is 2. The summed E-state index contributed by atoms with van der Waals surface area (Å²) in [5.74, 6) is 0.551. The first-order valence-corrected chi connectivity index (χ1v) is 13.3. The van der Waals surface area contributed by atoms with Crippen LogP contribution in [-0.4, -0.2) is 18.8 Å². The van der Waals surface area contributed by atoms with Gasteiger partial charge in [-0.3, -0.25) is 14.5 Å². The Kier molecular flexibility index (Phi) is 6.67. The molecule has 0 spiro atoms. The quantitative estimate of drug-likeness (QED) is 0.293. The number of benzene rings is 4. The van der Waals surface area contributed by atoms with Gasteiger partial charge in [-0.15, -0.1) is 0 Å². The Hall–Kier alpha value is -4.35. The zero-order chi connectivity index (χ0) is 26.9. The summed E-state index contributed by atoms with van der Waals surface area (Å²) in [6, 6.07) is 31.6. The predicted molar refractivity (Wildman–Crippen MR) is 155 cm³/mol. The van der Waals surface area contributed by atoms with Gasteiger partial charge in [0.05, 0.1) is 24.5 Å². The van der Waals surface area contributed by atoms with E-state index in [-0.39, 0.29) is 17.6 Å². The Labute approximate surface area is 232 Å². The third-order valence-electron chi connectivity index (χ3n) is 7.50. The molecule has 2 atom stereocenters. The lowest BCUT2D eigenvalue weighted by Gasteiger charge is -2.35. The number of ether oxygens (including phenoxy) is 1. The van der Waals surface area contributed by atoms with E-state index >= 15 is 0 Å². The minimum atomic E-state index is -0.617. The molecule has 0 saturated heterocycles. The van der Waals surface area contributed by atoms with E-state index in [0.717, 1.165) is 28.2 Å². The number of carbonyl (C=O) groups excluding carboxylic acids is 2. The number of anilines is 2. The van der Waals surface area contributed by atoms with Crippen molar-refractivity contribution in [2.75, 3.05) is 17.3 Å². The Morgan fingerprint density at radius 2 is 1.51 bits per heavy atom. The number of hydrogen-bond donors (Lipinski definition) is 1. The van der Waals surface area contributed by atoms with Crippen LogP contribution in [0.15, 0.2) is 114 Å². The van der Waals surface area contributed by atoms with Crippen LogP contribution in [0, 0.1) is 0 Å². The van der Waals surface area contributed by atoms with Crippen molar-refractivity contribution < 1.29 is 14.3 Å². The van der Waals surface area contributed by atoms with Crippen molar-refractivity contribution in [3.05, 3.63) is 136 Å². The maximum absolute atomic E-state index is 14.2. The van der Waals surface area contributed by atoms with Crippen molar-refractivity contribution in [2.24, 2.45) is 0 Å². The van der Waals surface area contributed by atoms with Crippen LogP contribution in [0.3, 0.4) is 0 Å². The first-order chi connectivity index (χ1) is 19.0. The maximum atomic E-state index is 14.2. The van der Waals surface area contributed by atoms with Crippen molar-refractivity contribution in [1.82, 2.24) is 0 Å². The average molecular weight is 535 g/mol. The van der Waals surface area contributed by atoms with Gasteiger partial charge in [0.15, 0.2) is 5.78 Å². The zero-order valence-electron chi connectivity index (χ0n) is 21.4. The van der Waals surface area contributed by atoms with Gasteiger partial charge in [0.25, 0.3) is 5.91 Å². The number of carbonyl (C=O) groups is 2. The van der Waals surface area contributed by atoms with Gasteiger partial charge in [-0.05, 0) is 72.0 Å². The van der Waals surface area contributed by atoms with Gasteiger partial charge in [0.1, 0.15) is 5.75 Å². The van der Waals surface area contributed by atoms with Crippen molar-refractivity contribution in [3.63, 3.8) is 0 Å². The van der Waals surface area contributed by atoms with Gasteiger partial charge < -0.3 is 10.1 Å². The molecule has 1 amide bonds. The van der Waals surface area contributed by atoms with E-state index in [9.17, 15) is 9.59 Å². The van der Waals surface area contributed by atoms with Crippen LogP contribution in [0.2, 0.25) is 5.02 Å². The molecule has 6 heteroatoms. The van der Waals surface area contributed by atoms with Crippen LogP contribution in [0.1, 0.15) is 46.3 Å². The second kappa shape index (κ2) is 10.4. The van der Waals surface area contributed by atoms with E-state index in [1.807, 2.05) is 103 Å². The molecule has 4 aromatic carbocycles. The summed E-state index contributed by atoms with van der Waals surface area (Å²) in [5, 5.41) is 4.24. The minimum absolute atomic E-state index is 0.000992. The molecule has 1 aliphatic carbocycles. The Morgan fingerprint density at radius 1 is 0.846 bits per heavy atom. The molecule has 0 aromatic heterocycles. The smallest absolute Gasteiger partial charge is 0.259 e. The Balaban J connectivity index is 1.55. The van der Waals surface area contributed by atoms with Crippen LogP contribution in [-0.2, 0) is 4.79 Å². The highest BCUT2D eigenvalue weighted by Gasteiger charge is 2.41. The molecule has 4 aromatic rings. The fourth-order valence-electron chi connectivity index (χ4n) is 5.61. The second-order valence-electron chi connectivity index (χ2n) is 9.83. The topological polar surface area (TPSA) is 58.6 Å². The number of fused-ring (bicyclic) bond motifs is 1. The number of methoxy groups -OCH3 is 1. The number of ketones is 1. The van der Waals surface area contributed by atoms with E-state index in [1.54, 1.807) is 12.0 Å². The number of hydrogen-bond acceptors (Lipinski definition) is 4. The summed E-state index contributed by atoms with van der Waals surface area (Å²) in [6.07, 6.45) is 0.982. The van der Waals surface area contributed by atoms with E-state index in [0.29, 0.717) is 34.8 Å². The van der Waals surface area contributed by atoms with Crippen LogP contribution in [0.4, 0.5) is 11.4 Å². The van der Waals surface area contributed by atoms with E-state index < -0.39 is 6.04 Å². The average Bonchev–Trinajstić information content (AvgIpc) is 3.12. The molecule has 1 N–H and O–H groups in total. The van der Waals surface area contributed by atoms with Gasteiger partial charge in [0.2, 0.25) is 0 Å². The molecule has 0 saturated carbocycles. The molecule has 0 radical (unpaired) electrons. The van der Waals surface area contributed by atoms with Crippen LogP contribution >= 0.6 is 11.6 Å². The number of allylic oxidation sites excluding steroid dienone is 1. The molecule has 1 aliphatic heterocycles. The molecule has 39 heavy (non-hydrogen) atoms. The highest BCUT2D eigenvalue weighted by Crippen LogP contribution is 2.48. The number of amides is 1. The SMILES string of the molecule is COc1ccc([C@@H]2C3=C(C[C@H](c4ccc(Cl)cc4)CC3=O)Nc3ccccc3N2C(=O)c2ccccc2)cc1. The van der Waals surface area contributed by atoms with Crippen LogP contribution in [0.25, 0.3) is 0 Å². The number of nitrogens with zero attached hydrogens (tertiary/aromatic N) is 1. The lowest BCUT2D eigenvalue weighted by atomic mass is 9.78. The lowest BCUT2D eigenvalue weighted by Crippen LogP contribution is -2.38. The second-order valence-corrected chi connectivity index (χ2v) is 10.3. The molecular weight excluding hydrogens is 508 g/mol. The first kappa shape index (κ1) is 25.0. The molecule has 5 nitrogen and oxygen atoms in total. The van der Waals surface area contributed by atoms with Crippen LogP contribution < -0.4 is 15.0 Å². The predicted octanol–water partition coefficient (Wildman–Crippen LogP) is 7.56. The summed E-state index contributed by atoms with van der Waals surface area (Å²) in [6.45, 7) is 0. The molecule has 0 bridgehead atoms. The highest BCUT2D eigenvalue weighted by molar-refractivity contribution is 6.30. The summed E-state index contributed by atoms with van der Waals surface area (Å²) in [7, 11) is 1.62. The lowest BCUT2D eigenvalue weighted by molar-refractivity contribution is -0.116. The number of Topliss-reactive ketones (excluding diaryl/α,β-unsaturated/α-hetero) is 1. The van der Waals surface area contributed by atoms with Crippen LogP contribution in [0.5, 0.6) is 5.75 Å². The molecular formula is C33H27ClN2O3. The summed E-state index contributed by atoms with van der Waals surface area (Å²) in [4.78, 5) is 30.1. The van der Waals surface area contributed by atoms with E-state index in [4.69, 9.17) is 16.3 Å². The summed E-state index contributed by atoms with van der Waals surface area (Å²) >= 11 is 6.14. The third-order valence-corrected chi connectivity index (χ3v) is 7.75. The van der Waals surface area contributed by atoms with Crippen molar-refractivity contribution in [3.8, 4) is 5.75 Å². The fourth-order valence-corrected chi connectivity index (χ4v) is 5.73. The third kappa shape index (κ3) is 4.70. The summed E-state index contributed by atoms with van der Waals surface area (Å²) < 4.78 is 5.40. The largest absolute Gasteiger partial charge is 0.497 e. The monoisotopic (exact) mass is 534 g/mol.